The van der Waals surface area contributed by atoms with E-state index < -0.39 is 15.9 Å². The van der Waals surface area contributed by atoms with Gasteiger partial charge in [0.15, 0.2) is 0 Å². The lowest BCUT2D eigenvalue weighted by Crippen LogP contribution is -2.29. The molecule has 0 saturated carbocycles. The third-order valence-corrected chi connectivity index (χ3v) is 7.21. The highest BCUT2D eigenvalue weighted by molar-refractivity contribution is 7.93. The van der Waals surface area contributed by atoms with E-state index in [1.54, 1.807) is 24.3 Å². The van der Waals surface area contributed by atoms with E-state index in [1.165, 1.54) is 22.5 Å². The van der Waals surface area contributed by atoms with Gasteiger partial charge in [0.25, 0.3) is 15.9 Å². The fraction of sp³-hybridized carbons (Fsp3) is 0.136. The number of benzene rings is 3. The number of nitrogens with one attached hydrogen (secondary N) is 1. The molecule has 0 atom stereocenters. The summed E-state index contributed by atoms with van der Waals surface area (Å²) in [6.07, 6.45) is 0.640. The Kier molecular flexibility index (Phi) is 5.06. The molecule has 5 nitrogen and oxygen atoms in total. The van der Waals surface area contributed by atoms with Gasteiger partial charge in [-0.2, -0.15) is 0 Å². The van der Waals surface area contributed by atoms with Crippen molar-refractivity contribution in [2.75, 3.05) is 16.2 Å². The van der Waals surface area contributed by atoms with Crippen molar-refractivity contribution >= 4 is 38.9 Å². The Bertz CT molecular complexity index is 1190. The van der Waals surface area contributed by atoms with Crippen LogP contribution in [0.1, 0.15) is 21.5 Å². The molecule has 1 amide bonds. The fourth-order valence-corrected chi connectivity index (χ4v) is 5.37. The van der Waals surface area contributed by atoms with Crippen LogP contribution in [0.5, 0.6) is 0 Å². The molecule has 0 fully saturated rings. The first-order valence-corrected chi connectivity index (χ1v) is 11.0. The summed E-state index contributed by atoms with van der Waals surface area (Å²) in [5.74, 6) is -0.399. The SMILES string of the molecule is Cc1ccc(NC(=O)c2ccc(Cl)c(S(=O)(=O)N3CCc4ccccc43)c2)cc1. The van der Waals surface area contributed by atoms with Crippen molar-refractivity contribution in [3.05, 3.63) is 88.4 Å². The second kappa shape index (κ2) is 7.54. The van der Waals surface area contributed by atoms with Crippen LogP contribution < -0.4 is 9.62 Å². The largest absolute Gasteiger partial charge is 0.322 e. The highest BCUT2D eigenvalue weighted by Crippen LogP contribution is 2.35. The summed E-state index contributed by atoms with van der Waals surface area (Å²) in [5.41, 5.74) is 3.56. The van der Waals surface area contributed by atoms with Crippen LogP contribution in [-0.4, -0.2) is 20.9 Å². The van der Waals surface area contributed by atoms with Gasteiger partial charge in [-0.05, 0) is 55.3 Å². The molecule has 0 unspecified atom stereocenters. The van der Waals surface area contributed by atoms with Gasteiger partial charge in [0.2, 0.25) is 0 Å². The van der Waals surface area contributed by atoms with E-state index in [9.17, 15) is 13.2 Å². The van der Waals surface area contributed by atoms with E-state index in [0.717, 1.165) is 11.1 Å². The molecule has 3 aromatic carbocycles. The summed E-state index contributed by atoms with van der Waals surface area (Å²) in [7, 11) is -3.90. The summed E-state index contributed by atoms with van der Waals surface area (Å²) in [4.78, 5) is 12.6. The van der Waals surface area contributed by atoms with Crippen molar-refractivity contribution in [3.63, 3.8) is 0 Å². The maximum Gasteiger partial charge on any atom is 0.265 e. The van der Waals surface area contributed by atoms with Gasteiger partial charge in [0.05, 0.1) is 10.7 Å². The quantitative estimate of drug-likeness (QED) is 0.660. The summed E-state index contributed by atoms with van der Waals surface area (Å²) in [6, 6.07) is 19.0. The van der Waals surface area contributed by atoms with E-state index in [4.69, 9.17) is 11.6 Å². The van der Waals surface area contributed by atoms with E-state index in [1.807, 2.05) is 31.2 Å². The van der Waals surface area contributed by atoms with E-state index in [0.29, 0.717) is 24.3 Å². The number of hydrogen-bond acceptors (Lipinski definition) is 3. The number of sulfonamides is 1. The van der Waals surface area contributed by atoms with Gasteiger partial charge in [0, 0.05) is 17.8 Å². The molecule has 29 heavy (non-hydrogen) atoms. The number of halogens is 1. The average Bonchev–Trinajstić information content (AvgIpc) is 3.15. The number of amides is 1. The molecule has 1 heterocycles. The Balaban J connectivity index is 1.66. The maximum atomic E-state index is 13.3. The van der Waals surface area contributed by atoms with Crippen molar-refractivity contribution in [2.24, 2.45) is 0 Å². The number of nitrogens with zero attached hydrogens (tertiary/aromatic N) is 1. The number of aryl methyl sites for hydroxylation is 1. The Morgan fingerprint density at radius 3 is 2.52 bits per heavy atom. The minimum Gasteiger partial charge on any atom is -0.322 e. The molecular weight excluding hydrogens is 408 g/mol. The number of para-hydroxylation sites is 1. The monoisotopic (exact) mass is 426 g/mol. The molecule has 0 aromatic heterocycles. The zero-order valence-electron chi connectivity index (χ0n) is 15.7. The number of hydrogen-bond donors (Lipinski definition) is 1. The van der Waals surface area contributed by atoms with E-state index in [2.05, 4.69) is 5.32 Å². The van der Waals surface area contributed by atoms with Gasteiger partial charge in [-0.15, -0.1) is 0 Å². The molecule has 1 N–H and O–H groups in total. The normalized spacial score (nSPS) is 13.2. The standard InChI is InChI=1S/C22H19ClN2O3S/c1-15-6-9-18(10-7-15)24-22(26)17-8-11-19(23)21(14-17)29(27,28)25-13-12-16-4-2-3-5-20(16)25/h2-11,14H,12-13H2,1H3,(H,24,26). The third kappa shape index (κ3) is 3.73. The van der Waals surface area contributed by atoms with Crippen LogP contribution >= 0.6 is 11.6 Å². The number of carbonyl (C=O) groups is 1. The Morgan fingerprint density at radius 2 is 1.76 bits per heavy atom. The van der Waals surface area contributed by atoms with Gasteiger partial charge in [-0.3, -0.25) is 9.10 Å². The van der Waals surface area contributed by atoms with Crippen LogP contribution in [-0.2, 0) is 16.4 Å². The molecule has 0 spiro atoms. The molecule has 1 aliphatic heterocycles. The summed E-state index contributed by atoms with van der Waals surface area (Å²) < 4.78 is 27.9. The topological polar surface area (TPSA) is 66.5 Å². The Hall–Kier alpha value is -2.83. The van der Waals surface area contributed by atoms with Crippen LogP contribution in [0.2, 0.25) is 5.02 Å². The van der Waals surface area contributed by atoms with Crippen LogP contribution in [0.15, 0.2) is 71.6 Å². The molecular formula is C22H19ClN2O3S. The van der Waals surface area contributed by atoms with Crippen LogP contribution in [0, 0.1) is 6.92 Å². The van der Waals surface area contributed by atoms with Gasteiger partial charge in [-0.1, -0.05) is 47.5 Å². The predicted octanol–water partition coefficient (Wildman–Crippen LogP) is 4.65. The fourth-order valence-electron chi connectivity index (χ4n) is 3.36. The zero-order valence-corrected chi connectivity index (χ0v) is 17.3. The van der Waals surface area contributed by atoms with Gasteiger partial charge in [0.1, 0.15) is 4.90 Å². The first-order chi connectivity index (χ1) is 13.9. The summed E-state index contributed by atoms with van der Waals surface area (Å²) in [5, 5.41) is 2.86. The van der Waals surface area contributed by atoms with Gasteiger partial charge < -0.3 is 5.32 Å². The van der Waals surface area contributed by atoms with Crippen molar-refractivity contribution in [1.82, 2.24) is 0 Å². The number of fused-ring (bicyclic) bond motifs is 1. The minimum atomic E-state index is -3.90. The zero-order chi connectivity index (χ0) is 20.6. The molecule has 0 saturated heterocycles. The molecule has 0 bridgehead atoms. The molecule has 4 rings (SSSR count). The average molecular weight is 427 g/mol. The van der Waals surface area contributed by atoms with Crippen LogP contribution in [0.25, 0.3) is 0 Å². The predicted molar refractivity (Wildman–Crippen MR) is 115 cm³/mol. The van der Waals surface area contributed by atoms with Crippen molar-refractivity contribution < 1.29 is 13.2 Å². The lowest BCUT2D eigenvalue weighted by molar-refractivity contribution is 0.102. The van der Waals surface area contributed by atoms with Crippen LogP contribution in [0.3, 0.4) is 0 Å². The molecule has 1 aliphatic rings. The van der Waals surface area contributed by atoms with Crippen molar-refractivity contribution in [3.8, 4) is 0 Å². The lowest BCUT2D eigenvalue weighted by Gasteiger charge is -2.20. The molecule has 0 radical (unpaired) electrons. The maximum absolute atomic E-state index is 13.3. The van der Waals surface area contributed by atoms with Gasteiger partial charge in [-0.25, -0.2) is 8.42 Å². The summed E-state index contributed by atoms with van der Waals surface area (Å²) >= 11 is 6.23. The molecule has 148 valence electrons. The highest BCUT2D eigenvalue weighted by Gasteiger charge is 2.32. The molecule has 0 aliphatic carbocycles. The number of anilines is 2. The smallest absolute Gasteiger partial charge is 0.265 e. The Morgan fingerprint density at radius 1 is 1.03 bits per heavy atom. The Labute approximate surface area is 175 Å². The molecule has 3 aromatic rings. The van der Waals surface area contributed by atoms with Crippen molar-refractivity contribution in [1.29, 1.82) is 0 Å². The first-order valence-electron chi connectivity index (χ1n) is 9.14. The second-order valence-corrected chi connectivity index (χ2v) is 9.16. The van der Waals surface area contributed by atoms with E-state index in [-0.39, 0.29) is 15.5 Å². The second-order valence-electron chi connectivity index (χ2n) is 6.92. The van der Waals surface area contributed by atoms with Crippen LogP contribution in [0.4, 0.5) is 11.4 Å². The minimum absolute atomic E-state index is 0.0765. The first kappa shape index (κ1) is 19.5. The molecule has 7 heteroatoms. The highest BCUT2D eigenvalue weighted by atomic mass is 35.5. The number of rotatable bonds is 4. The third-order valence-electron chi connectivity index (χ3n) is 4.92. The van der Waals surface area contributed by atoms with E-state index >= 15 is 0 Å². The van der Waals surface area contributed by atoms with Crippen molar-refractivity contribution in [2.45, 2.75) is 18.2 Å². The lowest BCUT2D eigenvalue weighted by atomic mass is 10.2. The van der Waals surface area contributed by atoms with Gasteiger partial charge >= 0.3 is 0 Å². The summed E-state index contributed by atoms with van der Waals surface area (Å²) in [6.45, 7) is 2.30. The number of carbonyl (C=O) groups excluding carboxylic acids is 1.